The smallest absolute Gasteiger partial charge is 0.248 e. The third-order valence-corrected chi connectivity index (χ3v) is 10.5. The number of nitrogens with zero attached hydrogens (tertiary/aromatic N) is 1. The summed E-state index contributed by atoms with van der Waals surface area (Å²) < 4.78 is 6.05. The summed E-state index contributed by atoms with van der Waals surface area (Å²) in [6, 6.07) is 24.0. The fourth-order valence-corrected chi connectivity index (χ4v) is 7.57. The highest BCUT2D eigenvalue weighted by Crippen LogP contribution is 2.65. The van der Waals surface area contributed by atoms with Gasteiger partial charge in [-0.1, -0.05) is 75.4 Å². The first-order chi connectivity index (χ1) is 20.7. The fourth-order valence-electron chi connectivity index (χ4n) is 7.57. The Morgan fingerprint density at radius 1 is 0.860 bits per heavy atom. The average Bonchev–Trinajstić information content (AvgIpc) is 3.81. The maximum absolute atomic E-state index is 13.9. The largest absolute Gasteiger partial charge is 0.457 e. The van der Waals surface area contributed by atoms with Gasteiger partial charge in [-0.25, -0.2) is 0 Å². The standard InChI is InChI=1S/C37H38N2O4/c1-4-37(2,3)23-10-14-25(15-11-23)43-26-16-12-24(13-17-26)38-34(40)31(20-22-8-6-5-7-9-22)39-35(41)32-27-18-19-28(30-21-29(27)30)33(32)36(39)42/h5-19,27-33H,4,20-21H2,1-3H3,(H,38,40)/t27-,28-,29-,30+,31+,32+,33-/m1/s1. The van der Waals surface area contributed by atoms with E-state index in [2.05, 4.69) is 50.4 Å². The minimum absolute atomic E-state index is 0.107. The quantitative estimate of drug-likeness (QED) is 0.226. The second-order valence-corrected chi connectivity index (χ2v) is 13.3. The number of amides is 3. The van der Waals surface area contributed by atoms with Crippen LogP contribution in [-0.4, -0.2) is 28.7 Å². The van der Waals surface area contributed by atoms with E-state index in [0.717, 1.165) is 24.2 Å². The van der Waals surface area contributed by atoms with Crippen molar-refractivity contribution in [2.24, 2.45) is 35.5 Å². The van der Waals surface area contributed by atoms with Gasteiger partial charge >= 0.3 is 0 Å². The van der Waals surface area contributed by atoms with Crippen LogP contribution in [0.1, 0.15) is 44.7 Å². The molecule has 1 aliphatic heterocycles. The molecule has 3 amide bonds. The van der Waals surface area contributed by atoms with Crippen molar-refractivity contribution in [3.63, 3.8) is 0 Å². The summed E-state index contributed by atoms with van der Waals surface area (Å²) in [6.45, 7) is 6.64. The maximum atomic E-state index is 13.9. The second-order valence-electron chi connectivity index (χ2n) is 13.3. The molecule has 1 saturated heterocycles. The Hall–Kier alpha value is -4.19. The van der Waals surface area contributed by atoms with Crippen LogP contribution in [0.25, 0.3) is 0 Å². The van der Waals surface area contributed by atoms with Crippen LogP contribution in [0.15, 0.2) is 91.0 Å². The molecule has 3 aromatic rings. The first kappa shape index (κ1) is 27.6. The SMILES string of the molecule is CCC(C)(C)c1ccc(Oc2ccc(NC(=O)[C@H](Cc3ccccc3)N3C(=O)[C@@H]4[C@@H]5C=C[C@H]([C@H]6C[C@@H]56)[C@@H]4C3=O)cc2)cc1. The topological polar surface area (TPSA) is 75.7 Å². The number of nitrogens with one attached hydrogen (secondary N) is 1. The Kier molecular flexibility index (Phi) is 6.76. The highest BCUT2D eigenvalue weighted by Gasteiger charge is 2.67. The van der Waals surface area contributed by atoms with Crippen LogP contribution >= 0.6 is 0 Å². The summed E-state index contributed by atoms with van der Waals surface area (Å²) in [5.74, 6) is 1.23. The summed E-state index contributed by atoms with van der Waals surface area (Å²) >= 11 is 0. The lowest BCUT2D eigenvalue weighted by atomic mass is 9.63. The minimum Gasteiger partial charge on any atom is -0.457 e. The lowest BCUT2D eigenvalue weighted by molar-refractivity contribution is -0.146. The van der Waals surface area contributed by atoms with E-state index in [1.165, 1.54) is 10.5 Å². The molecular weight excluding hydrogens is 536 g/mol. The number of hydrogen-bond acceptors (Lipinski definition) is 4. The van der Waals surface area contributed by atoms with Crippen molar-refractivity contribution in [2.45, 2.75) is 51.5 Å². The van der Waals surface area contributed by atoms with E-state index in [9.17, 15) is 14.4 Å². The Balaban J connectivity index is 1.08. The van der Waals surface area contributed by atoms with Crippen LogP contribution in [0.5, 0.6) is 11.5 Å². The summed E-state index contributed by atoms with van der Waals surface area (Å²) in [5, 5.41) is 2.98. The van der Waals surface area contributed by atoms with Gasteiger partial charge in [0.15, 0.2) is 0 Å². The molecule has 5 aliphatic rings. The van der Waals surface area contributed by atoms with E-state index in [0.29, 0.717) is 23.3 Å². The summed E-state index contributed by atoms with van der Waals surface area (Å²) in [6.07, 6.45) is 6.74. The number of hydrogen-bond donors (Lipinski definition) is 1. The highest BCUT2D eigenvalue weighted by atomic mass is 16.5. The fraction of sp³-hybridized carbons (Fsp3) is 0.378. The molecule has 3 aromatic carbocycles. The molecule has 8 rings (SSSR count). The van der Waals surface area contributed by atoms with E-state index in [-0.39, 0.29) is 53.2 Å². The van der Waals surface area contributed by atoms with Gasteiger partial charge in [-0.05, 0) is 89.5 Å². The van der Waals surface area contributed by atoms with E-state index < -0.39 is 6.04 Å². The average molecular weight is 575 g/mol. The van der Waals surface area contributed by atoms with Gasteiger partial charge in [0.05, 0.1) is 11.8 Å². The number of carbonyl (C=O) groups excluding carboxylic acids is 3. The van der Waals surface area contributed by atoms with E-state index in [1.807, 2.05) is 54.6 Å². The van der Waals surface area contributed by atoms with E-state index in [1.54, 1.807) is 12.1 Å². The van der Waals surface area contributed by atoms with Crippen LogP contribution < -0.4 is 10.1 Å². The molecule has 1 N–H and O–H groups in total. The highest BCUT2D eigenvalue weighted by molar-refractivity contribution is 6.10. The molecule has 2 saturated carbocycles. The first-order valence-corrected chi connectivity index (χ1v) is 15.5. The van der Waals surface area contributed by atoms with Crippen LogP contribution in [0.3, 0.4) is 0 Å². The zero-order valence-electron chi connectivity index (χ0n) is 24.9. The van der Waals surface area contributed by atoms with E-state index in [4.69, 9.17) is 4.74 Å². The predicted octanol–water partition coefficient (Wildman–Crippen LogP) is 6.77. The molecule has 1 heterocycles. The molecule has 0 spiro atoms. The Bertz CT molecular complexity index is 1540. The van der Waals surface area contributed by atoms with Gasteiger partial charge in [-0.2, -0.15) is 0 Å². The lowest BCUT2D eigenvalue weighted by Gasteiger charge is -2.37. The number of likely N-dealkylation sites (tertiary alicyclic amines) is 1. The number of allylic oxidation sites excluding steroid dienone is 2. The number of imide groups is 1. The number of anilines is 1. The monoisotopic (exact) mass is 574 g/mol. The van der Waals surface area contributed by atoms with Gasteiger partial charge in [0.2, 0.25) is 17.7 Å². The third-order valence-electron chi connectivity index (χ3n) is 10.5. The lowest BCUT2D eigenvalue weighted by Crippen LogP contribution is -2.49. The zero-order chi connectivity index (χ0) is 29.9. The number of ether oxygens (including phenoxy) is 1. The Morgan fingerprint density at radius 2 is 1.42 bits per heavy atom. The molecular formula is C37H38N2O4. The van der Waals surface area contributed by atoms with Crippen LogP contribution in [0, 0.1) is 35.5 Å². The van der Waals surface area contributed by atoms with E-state index >= 15 is 0 Å². The predicted molar refractivity (Wildman–Crippen MR) is 165 cm³/mol. The van der Waals surface area contributed by atoms with Gasteiger partial charge in [0.1, 0.15) is 17.5 Å². The van der Waals surface area contributed by atoms with Crippen molar-refractivity contribution >= 4 is 23.4 Å². The molecule has 220 valence electrons. The molecule has 6 heteroatoms. The molecule has 3 fully saturated rings. The molecule has 4 aliphatic carbocycles. The molecule has 0 radical (unpaired) electrons. The van der Waals surface area contributed by atoms with Crippen molar-refractivity contribution in [1.29, 1.82) is 0 Å². The molecule has 0 unspecified atom stereocenters. The van der Waals surface area contributed by atoms with Crippen LogP contribution in [-0.2, 0) is 26.2 Å². The number of rotatable bonds is 9. The summed E-state index contributed by atoms with van der Waals surface area (Å²) in [7, 11) is 0. The van der Waals surface area contributed by atoms with Crippen LogP contribution in [0.2, 0.25) is 0 Å². The van der Waals surface area contributed by atoms with Crippen molar-refractivity contribution in [3.05, 3.63) is 102 Å². The molecule has 7 atom stereocenters. The van der Waals surface area contributed by atoms with Crippen molar-refractivity contribution in [2.75, 3.05) is 5.32 Å². The van der Waals surface area contributed by atoms with Gasteiger partial charge in [0, 0.05) is 12.1 Å². The third kappa shape index (κ3) is 4.87. The molecule has 2 bridgehead atoms. The van der Waals surface area contributed by atoms with Gasteiger partial charge in [0.25, 0.3) is 0 Å². The van der Waals surface area contributed by atoms with Gasteiger partial charge in [-0.15, -0.1) is 0 Å². The second kappa shape index (κ2) is 10.5. The Labute approximate surface area is 253 Å². The molecule has 43 heavy (non-hydrogen) atoms. The Morgan fingerprint density at radius 3 is 1.98 bits per heavy atom. The van der Waals surface area contributed by atoms with Crippen molar-refractivity contribution in [1.82, 2.24) is 4.90 Å². The zero-order valence-corrected chi connectivity index (χ0v) is 24.9. The number of benzene rings is 3. The molecule has 0 aromatic heterocycles. The number of carbonyl (C=O) groups is 3. The molecule has 6 nitrogen and oxygen atoms in total. The van der Waals surface area contributed by atoms with Gasteiger partial charge < -0.3 is 10.1 Å². The summed E-state index contributed by atoms with van der Waals surface area (Å²) in [4.78, 5) is 42.9. The van der Waals surface area contributed by atoms with Crippen molar-refractivity contribution in [3.8, 4) is 11.5 Å². The normalized spacial score (nSPS) is 27.5. The minimum atomic E-state index is -0.925. The first-order valence-electron chi connectivity index (χ1n) is 15.5. The van der Waals surface area contributed by atoms with Crippen molar-refractivity contribution < 1.29 is 19.1 Å². The van der Waals surface area contributed by atoms with Crippen LogP contribution in [0.4, 0.5) is 5.69 Å². The van der Waals surface area contributed by atoms with Gasteiger partial charge in [-0.3, -0.25) is 19.3 Å². The summed E-state index contributed by atoms with van der Waals surface area (Å²) in [5.41, 5.74) is 2.85. The maximum Gasteiger partial charge on any atom is 0.248 e.